The second-order valence-electron chi connectivity index (χ2n) is 5.99. The number of likely N-dealkylation sites (tertiary alicyclic amines) is 1. The third kappa shape index (κ3) is 5.09. The lowest BCUT2D eigenvalue weighted by Crippen LogP contribution is -2.46. The number of hydrogen-bond acceptors (Lipinski definition) is 3. The molecule has 0 N–H and O–H groups in total. The third-order valence-corrected chi connectivity index (χ3v) is 3.84. The van der Waals surface area contributed by atoms with Gasteiger partial charge in [0, 0.05) is 6.04 Å². The summed E-state index contributed by atoms with van der Waals surface area (Å²) in [6.07, 6.45) is 1.59. The van der Waals surface area contributed by atoms with Crippen molar-refractivity contribution < 1.29 is 13.9 Å². The van der Waals surface area contributed by atoms with Crippen LogP contribution in [0.15, 0.2) is 0 Å². The largest absolute Gasteiger partial charge is 0.465 e. The van der Waals surface area contributed by atoms with Gasteiger partial charge in [-0.15, -0.1) is 0 Å². The molecule has 0 amide bonds. The van der Waals surface area contributed by atoms with E-state index in [1.165, 1.54) is 0 Å². The van der Waals surface area contributed by atoms with Gasteiger partial charge in [0.05, 0.1) is 12.5 Å². The van der Waals surface area contributed by atoms with Gasteiger partial charge in [0.15, 0.2) is 0 Å². The van der Waals surface area contributed by atoms with Gasteiger partial charge in [0.25, 0.3) is 0 Å². The van der Waals surface area contributed by atoms with Crippen molar-refractivity contribution in [2.45, 2.75) is 59.2 Å². The van der Waals surface area contributed by atoms with E-state index in [1.54, 1.807) is 6.92 Å². The Balaban J connectivity index is 2.37. The molecule has 0 bridgehead atoms. The van der Waals surface area contributed by atoms with Gasteiger partial charge in [-0.05, 0) is 45.2 Å². The predicted molar refractivity (Wildman–Crippen MR) is 74.7 cm³/mol. The molecule has 0 aromatic carbocycles. The first-order chi connectivity index (χ1) is 8.95. The standard InChI is InChI=1S/C15H28FNO2/c1-5-14(12(4)16)17-8-6-13(7-9-17)15(18)19-10-11(2)3/h11-14H,5-10H2,1-4H3. The van der Waals surface area contributed by atoms with Gasteiger partial charge in [-0.25, -0.2) is 4.39 Å². The van der Waals surface area contributed by atoms with E-state index in [-0.39, 0.29) is 17.9 Å². The maximum Gasteiger partial charge on any atom is 0.309 e. The summed E-state index contributed by atoms with van der Waals surface area (Å²) in [6.45, 7) is 9.80. The van der Waals surface area contributed by atoms with E-state index in [9.17, 15) is 9.18 Å². The SMILES string of the molecule is CCC(C(C)F)N1CCC(C(=O)OCC(C)C)CC1. The summed E-state index contributed by atoms with van der Waals surface area (Å²) in [4.78, 5) is 14.0. The van der Waals surface area contributed by atoms with Crippen molar-refractivity contribution in [1.29, 1.82) is 0 Å². The van der Waals surface area contributed by atoms with Gasteiger partial charge < -0.3 is 4.74 Å². The minimum absolute atomic E-state index is 0.00224. The van der Waals surface area contributed by atoms with E-state index in [0.29, 0.717) is 12.5 Å². The highest BCUT2D eigenvalue weighted by Crippen LogP contribution is 2.23. The highest BCUT2D eigenvalue weighted by molar-refractivity contribution is 5.72. The van der Waals surface area contributed by atoms with E-state index in [0.717, 1.165) is 32.4 Å². The minimum atomic E-state index is -0.811. The van der Waals surface area contributed by atoms with Gasteiger partial charge in [-0.3, -0.25) is 9.69 Å². The fraction of sp³-hybridized carbons (Fsp3) is 0.933. The number of carbonyl (C=O) groups is 1. The van der Waals surface area contributed by atoms with Gasteiger partial charge in [0.2, 0.25) is 0 Å². The van der Waals surface area contributed by atoms with Crippen LogP contribution in [0.1, 0.15) is 47.0 Å². The fourth-order valence-electron chi connectivity index (χ4n) is 2.71. The summed E-state index contributed by atoms with van der Waals surface area (Å²) < 4.78 is 18.8. The smallest absolute Gasteiger partial charge is 0.309 e. The molecule has 2 unspecified atom stereocenters. The zero-order chi connectivity index (χ0) is 14.4. The molecule has 1 heterocycles. The van der Waals surface area contributed by atoms with Crippen LogP contribution < -0.4 is 0 Å². The van der Waals surface area contributed by atoms with Crippen molar-refractivity contribution in [3.8, 4) is 0 Å². The average Bonchev–Trinajstić information content (AvgIpc) is 2.37. The highest BCUT2D eigenvalue weighted by Gasteiger charge is 2.31. The molecule has 1 fully saturated rings. The number of piperidine rings is 1. The van der Waals surface area contributed by atoms with Gasteiger partial charge >= 0.3 is 5.97 Å². The lowest BCUT2D eigenvalue weighted by atomic mass is 9.94. The van der Waals surface area contributed by atoms with Gasteiger partial charge in [-0.2, -0.15) is 0 Å². The molecule has 0 aliphatic carbocycles. The van der Waals surface area contributed by atoms with Crippen LogP contribution >= 0.6 is 0 Å². The lowest BCUT2D eigenvalue weighted by molar-refractivity contribution is -0.151. The zero-order valence-electron chi connectivity index (χ0n) is 12.7. The number of nitrogens with zero attached hydrogens (tertiary/aromatic N) is 1. The molecule has 0 saturated carbocycles. The summed E-state index contributed by atoms with van der Waals surface area (Å²) in [5, 5.41) is 0. The summed E-state index contributed by atoms with van der Waals surface area (Å²) in [7, 11) is 0. The number of rotatable bonds is 6. The second-order valence-corrected chi connectivity index (χ2v) is 5.99. The number of carbonyl (C=O) groups excluding carboxylic acids is 1. The quantitative estimate of drug-likeness (QED) is 0.697. The fourth-order valence-corrected chi connectivity index (χ4v) is 2.71. The first kappa shape index (κ1) is 16.4. The molecule has 19 heavy (non-hydrogen) atoms. The number of ether oxygens (including phenoxy) is 1. The topological polar surface area (TPSA) is 29.5 Å². The molecule has 1 aliphatic rings. The van der Waals surface area contributed by atoms with Crippen molar-refractivity contribution >= 4 is 5.97 Å². The molecule has 112 valence electrons. The Morgan fingerprint density at radius 1 is 1.32 bits per heavy atom. The highest BCUT2D eigenvalue weighted by atomic mass is 19.1. The van der Waals surface area contributed by atoms with Crippen molar-refractivity contribution in [2.24, 2.45) is 11.8 Å². The van der Waals surface area contributed by atoms with Crippen LogP contribution in [0.3, 0.4) is 0 Å². The van der Waals surface area contributed by atoms with E-state index in [4.69, 9.17) is 4.74 Å². The number of alkyl halides is 1. The maximum atomic E-state index is 13.5. The Bertz CT molecular complexity index is 273. The Labute approximate surface area is 116 Å². The van der Waals surface area contributed by atoms with Crippen LogP contribution in [-0.2, 0) is 9.53 Å². The average molecular weight is 273 g/mol. The van der Waals surface area contributed by atoms with Crippen molar-refractivity contribution in [1.82, 2.24) is 4.90 Å². The molecule has 0 aromatic rings. The van der Waals surface area contributed by atoms with E-state index >= 15 is 0 Å². The Morgan fingerprint density at radius 3 is 2.32 bits per heavy atom. The second kappa shape index (κ2) is 7.83. The van der Waals surface area contributed by atoms with Crippen LogP contribution in [0.5, 0.6) is 0 Å². The van der Waals surface area contributed by atoms with E-state index in [2.05, 4.69) is 4.90 Å². The molecule has 0 radical (unpaired) electrons. The van der Waals surface area contributed by atoms with Crippen molar-refractivity contribution in [3.63, 3.8) is 0 Å². The Hall–Kier alpha value is -0.640. The predicted octanol–water partition coefficient (Wildman–Crippen LogP) is 3.03. The first-order valence-corrected chi connectivity index (χ1v) is 7.50. The monoisotopic (exact) mass is 273 g/mol. The van der Waals surface area contributed by atoms with Crippen LogP contribution in [0.4, 0.5) is 4.39 Å². The molecule has 0 aromatic heterocycles. The van der Waals surface area contributed by atoms with Crippen molar-refractivity contribution in [2.75, 3.05) is 19.7 Å². The van der Waals surface area contributed by atoms with Crippen LogP contribution in [0.2, 0.25) is 0 Å². The van der Waals surface area contributed by atoms with Crippen molar-refractivity contribution in [3.05, 3.63) is 0 Å². The normalized spacial score (nSPS) is 21.4. The zero-order valence-corrected chi connectivity index (χ0v) is 12.7. The summed E-state index contributed by atoms with van der Waals surface area (Å²) in [6, 6.07) is -0.00682. The van der Waals surface area contributed by atoms with E-state index < -0.39 is 6.17 Å². The Kier molecular flexibility index (Phi) is 6.76. The van der Waals surface area contributed by atoms with Crippen LogP contribution in [-0.4, -0.2) is 42.8 Å². The Morgan fingerprint density at radius 2 is 1.89 bits per heavy atom. The van der Waals surface area contributed by atoms with E-state index in [1.807, 2.05) is 20.8 Å². The molecule has 4 heteroatoms. The number of halogens is 1. The number of hydrogen-bond donors (Lipinski definition) is 0. The summed E-state index contributed by atoms with van der Waals surface area (Å²) in [5.74, 6) is 0.304. The first-order valence-electron chi connectivity index (χ1n) is 7.50. The molecule has 2 atom stereocenters. The van der Waals surface area contributed by atoms with Gasteiger partial charge in [0.1, 0.15) is 6.17 Å². The molecule has 1 aliphatic heterocycles. The third-order valence-electron chi connectivity index (χ3n) is 3.84. The molecular weight excluding hydrogens is 245 g/mol. The summed E-state index contributed by atoms with van der Waals surface area (Å²) in [5.41, 5.74) is 0. The molecule has 1 rings (SSSR count). The molecular formula is C15H28FNO2. The van der Waals surface area contributed by atoms with Crippen LogP contribution in [0.25, 0.3) is 0 Å². The molecule has 0 spiro atoms. The van der Waals surface area contributed by atoms with Crippen LogP contribution in [0, 0.1) is 11.8 Å². The molecule has 3 nitrogen and oxygen atoms in total. The maximum absolute atomic E-state index is 13.5. The summed E-state index contributed by atoms with van der Waals surface area (Å²) >= 11 is 0. The molecule has 1 saturated heterocycles. The van der Waals surface area contributed by atoms with Gasteiger partial charge in [-0.1, -0.05) is 20.8 Å². The lowest BCUT2D eigenvalue weighted by Gasteiger charge is -2.37. The number of esters is 1. The minimum Gasteiger partial charge on any atom is -0.465 e.